The van der Waals surface area contributed by atoms with Gasteiger partial charge in [-0.2, -0.15) is 13.2 Å². The molecule has 3 nitrogen and oxygen atoms in total. The number of halogens is 3. The Morgan fingerprint density at radius 3 is 2.55 bits per heavy atom. The highest BCUT2D eigenvalue weighted by atomic mass is 32.1. The van der Waals surface area contributed by atoms with Gasteiger partial charge in [-0.15, -0.1) is 17.7 Å². The second-order valence-corrected chi connectivity index (χ2v) is 4.74. The number of rotatable bonds is 1. The van der Waals surface area contributed by atoms with E-state index < -0.39 is 11.7 Å². The molecule has 0 spiro atoms. The maximum Gasteiger partial charge on any atom is 0.416 e. The summed E-state index contributed by atoms with van der Waals surface area (Å²) < 4.78 is 39.8. The van der Waals surface area contributed by atoms with Crippen molar-refractivity contribution in [3.63, 3.8) is 0 Å². The zero-order valence-corrected chi connectivity index (χ0v) is 10.9. The first-order valence-electron chi connectivity index (χ1n) is 5.67. The Morgan fingerprint density at radius 2 is 1.80 bits per heavy atom. The van der Waals surface area contributed by atoms with Crippen LogP contribution in [0, 0.1) is 0 Å². The SMILES string of the molecule is FC(F)(F)c1cc(S)cc(-n2nnc3ccccc32)c1. The Hall–Kier alpha value is -2.02. The first kappa shape index (κ1) is 13.0. The van der Waals surface area contributed by atoms with Crippen LogP contribution in [-0.2, 0) is 6.18 Å². The average Bonchev–Trinajstić information content (AvgIpc) is 2.80. The second kappa shape index (κ2) is 4.52. The standard InChI is InChI=1S/C13H8F3N3S/c14-13(15,16)8-5-9(7-10(20)6-8)19-12-4-2-1-3-11(12)17-18-19/h1-7,20H. The maximum absolute atomic E-state index is 12.8. The molecule has 0 aliphatic carbocycles. The molecule has 0 amide bonds. The lowest BCUT2D eigenvalue weighted by atomic mass is 10.2. The van der Waals surface area contributed by atoms with Gasteiger partial charge in [0.25, 0.3) is 0 Å². The predicted octanol–water partition coefficient (Wildman–Crippen LogP) is 3.73. The van der Waals surface area contributed by atoms with Gasteiger partial charge in [-0.05, 0) is 30.3 Å². The summed E-state index contributed by atoms with van der Waals surface area (Å²) in [5.41, 5.74) is 0.767. The highest BCUT2D eigenvalue weighted by Gasteiger charge is 2.31. The van der Waals surface area contributed by atoms with E-state index in [4.69, 9.17) is 0 Å². The van der Waals surface area contributed by atoms with E-state index in [-0.39, 0.29) is 10.6 Å². The zero-order chi connectivity index (χ0) is 14.3. The molecule has 3 aromatic rings. The Bertz CT molecular complexity index is 780. The molecule has 0 saturated carbocycles. The number of nitrogens with zero attached hydrogens (tertiary/aromatic N) is 3. The van der Waals surface area contributed by atoms with Crippen molar-refractivity contribution in [3.05, 3.63) is 48.0 Å². The van der Waals surface area contributed by atoms with Gasteiger partial charge in [0, 0.05) is 4.90 Å². The summed E-state index contributed by atoms with van der Waals surface area (Å²) in [4.78, 5) is 0.217. The third-order valence-electron chi connectivity index (χ3n) is 2.83. The normalized spacial score (nSPS) is 12.0. The number of benzene rings is 2. The van der Waals surface area contributed by atoms with Gasteiger partial charge in [0.15, 0.2) is 0 Å². The Kier molecular flexibility index (Phi) is 2.93. The lowest BCUT2D eigenvalue weighted by Crippen LogP contribution is -2.07. The van der Waals surface area contributed by atoms with Crippen LogP contribution in [0.3, 0.4) is 0 Å². The monoisotopic (exact) mass is 295 g/mol. The van der Waals surface area contributed by atoms with Crippen molar-refractivity contribution in [1.82, 2.24) is 15.0 Å². The average molecular weight is 295 g/mol. The van der Waals surface area contributed by atoms with E-state index in [2.05, 4.69) is 22.9 Å². The van der Waals surface area contributed by atoms with Crippen LogP contribution in [0.15, 0.2) is 47.4 Å². The molecule has 0 aliphatic rings. The molecule has 0 fully saturated rings. The van der Waals surface area contributed by atoms with Crippen LogP contribution in [0.1, 0.15) is 5.56 Å². The van der Waals surface area contributed by atoms with Gasteiger partial charge in [0.1, 0.15) is 5.52 Å². The Balaban J connectivity index is 2.22. The van der Waals surface area contributed by atoms with E-state index >= 15 is 0 Å². The fourth-order valence-corrected chi connectivity index (χ4v) is 2.21. The number of fused-ring (bicyclic) bond motifs is 1. The molecule has 0 aliphatic heterocycles. The summed E-state index contributed by atoms with van der Waals surface area (Å²) in [7, 11) is 0. The first-order chi connectivity index (χ1) is 9.45. The van der Waals surface area contributed by atoms with Gasteiger partial charge in [-0.3, -0.25) is 0 Å². The molecule has 102 valence electrons. The van der Waals surface area contributed by atoms with E-state index in [1.54, 1.807) is 24.3 Å². The van der Waals surface area contributed by atoms with Crippen LogP contribution >= 0.6 is 12.6 Å². The van der Waals surface area contributed by atoms with Gasteiger partial charge >= 0.3 is 6.18 Å². The van der Waals surface area contributed by atoms with Gasteiger partial charge in [-0.25, -0.2) is 4.68 Å². The van der Waals surface area contributed by atoms with Crippen LogP contribution in [0.25, 0.3) is 16.7 Å². The zero-order valence-electron chi connectivity index (χ0n) is 9.96. The molecular weight excluding hydrogens is 287 g/mol. The molecule has 2 aromatic carbocycles. The molecule has 1 heterocycles. The van der Waals surface area contributed by atoms with Gasteiger partial charge in [0.05, 0.1) is 16.8 Å². The van der Waals surface area contributed by atoms with E-state index in [0.717, 1.165) is 12.1 Å². The highest BCUT2D eigenvalue weighted by molar-refractivity contribution is 7.80. The third kappa shape index (κ3) is 2.24. The molecule has 3 rings (SSSR count). The second-order valence-electron chi connectivity index (χ2n) is 4.23. The first-order valence-corrected chi connectivity index (χ1v) is 6.12. The third-order valence-corrected chi connectivity index (χ3v) is 3.08. The van der Waals surface area contributed by atoms with Gasteiger partial charge < -0.3 is 0 Å². The lowest BCUT2D eigenvalue weighted by molar-refractivity contribution is -0.137. The minimum atomic E-state index is -4.43. The van der Waals surface area contributed by atoms with Crippen LogP contribution in [0.5, 0.6) is 0 Å². The van der Waals surface area contributed by atoms with Crippen LogP contribution in [0.4, 0.5) is 13.2 Å². The minimum Gasteiger partial charge on any atom is -0.213 e. The molecule has 20 heavy (non-hydrogen) atoms. The number of para-hydroxylation sites is 1. The largest absolute Gasteiger partial charge is 0.416 e. The predicted molar refractivity (Wildman–Crippen MR) is 71.1 cm³/mol. The summed E-state index contributed by atoms with van der Waals surface area (Å²) in [6.07, 6.45) is -4.43. The molecule has 1 aromatic heterocycles. The van der Waals surface area contributed by atoms with Crippen molar-refractivity contribution < 1.29 is 13.2 Å². The molecule has 7 heteroatoms. The number of alkyl halides is 3. The molecular formula is C13H8F3N3S. The molecule has 0 bridgehead atoms. The van der Waals surface area contributed by atoms with E-state index in [9.17, 15) is 13.2 Å². The Morgan fingerprint density at radius 1 is 1.05 bits per heavy atom. The highest BCUT2D eigenvalue weighted by Crippen LogP contribution is 2.32. The smallest absolute Gasteiger partial charge is 0.213 e. The van der Waals surface area contributed by atoms with Crippen molar-refractivity contribution in [2.24, 2.45) is 0 Å². The van der Waals surface area contributed by atoms with Crippen LogP contribution in [0.2, 0.25) is 0 Å². The lowest BCUT2D eigenvalue weighted by Gasteiger charge is -2.10. The van der Waals surface area contributed by atoms with Crippen LogP contribution in [-0.4, -0.2) is 15.0 Å². The van der Waals surface area contributed by atoms with Crippen molar-refractivity contribution in [1.29, 1.82) is 0 Å². The fourth-order valence-electron chi connectivity index (χ4n) is 1.94. The quantitative estimate of drug-likeness (QED) is 0.693. The molecule has 0 radical (unpaired) electrons. The summed E-state index contributed by atoms with van der Waals surface area (Å²) in [5, 5.41) is 7.82. The number of thiol groups is 1. The van der Waals surface area contributed by atoms with Crippen molar-refractivity contribution in [3.8, 4) is 5.69 Å². The minimum absolute atomic E-state index is 0.217. The van der Waals surface area contributed by atoms with Crippen molar-refractivity contribution in [2.45, 2.75) is 11.1 Å². The van der Waals surface area contributed by atoms with Gasteiger partial charge in [-0.1, -0.05) is 17.3 Å². The van der Waals surface area contributed by atoms with E-state index in [1.165, 1.54) is 10.7 Å². The summed E-state index contributed by atoms with van der Waals surface area (Å²) in [5.74, 6) is 0. The summed E-state index contributed by atoms with van der Waals surface area (Å²) in [6.45, 7) is 0. The molecule has 0 saturated heterocycles. The Labute approximate surface area is 117 Å². The summed E-state index contributed by atoms with van der Waals surface area (Å²) in [6, 6.07) is 10.6. The number of hydrogen-bond acceptors (Lipinski definition) is 3. The van der Waals surface area contributed by atoms with Gasteiger partial charge in [0.2, 0.25) is 0 Å². The molecule has 0 atom stereocenters. The van der Waals surface area contributed by atoms with Crippen LogP contribution < -0.4 is 0 Å². The van der Waals surface area contributed by atoms with E-state index in [1.807, 2.05) is 0 Å². The number of hydrogen-bond donors (Lipinski definition) is 1. The molecule has 0 unspecified atom stereocenters. The van der Waals surface area contributed by atoms with E-state index in [0.29, 0.717) is 11.0 Å². The number of aromatic nitrogens is 3. The fraction of sp³-hybridized carbons (Fsp3) is 0.0769. The topological polar surface area (TPSA) is 30.7 Å². The van der Waals surface area contributed by atoms with Crippen molar-refractivity contribution in [2.75, 3.05) is 0 Å². The maximum atomic E-state index is 12.8. The summed E-state index contributed by atoms with van der Waals surface area (Å²) >= 11 is 4.02. The molecule has 0 N–H and O–H groups in total. The van der Waals surface area contributed by atoms with Crippen molar-refractivity contribution >= 4 is 23.7 Å².